The molecule has 0 aliphatic carbocycles. The SMILES string of the molecule is CCc1cc(C)c(C#N)c(CC)c1CC(=O)OC. The summed E-state index contributed by atoms with van der Waals surface area (Å²) in [4.78, 5) is 11.5. The number of nitriles is 1. The highest BCUT2D eigenvalue weighted by molar-refractivity contribution is 5.74. The Bertz CT molecular complexity index is 498. The van der Waals surface area contributed by atoms with Crippen LogP contribution in [0.4, 0.5) is 0 Å². The molecule has 0 spiro atoms. The molecule has 0 aliphatic rings. The Morgan fingerprint density at radius 1 is 1.33 bits per heavy atom. The van der Waals surface area contributed by atoms with Gasteiger partial charge in [0.2, 0.25) is 0 Å². The van der Waals surface area contributed by atoms with Crippen molar-refractivity contribution in [1.82, 2.24) is 0 Å². The highest BCUT2D eigenvalue weighted by atomic mass is 16.5. The lowest BCUT2D eigenvalue weighted by atomic mass is 9.88. The van der Waals surface area contributed by atoms with Gasteiger partial charge in [-0.3, -0.25) is 4.79 Å². The van der Waals surface area contributed by atoms with Crippen molar-refractivity contribution in [3.05, 3.63) is 33.9 Å². The molecule has 3 nitrogen and oxygen atoms in total. The van der Waals surface area contributed by atoms with Crippen molar-refractivity contribution >= 4 is 5.97 Å². The molecule has 0 amide bonds. The summed E-state index contributed by atoms with van der Waals surface area (Å²) >= 11 is 0. The molecule has 0 radical (unpaired) electrons. The molecule has 0 saturated heterocycles. The smallest absolute Gasteiger partial charge is 0.309 e. The van der Waals surface area contributed by atoms with Crippen molar-refractivity contribution in [1.29, 1.82) is 5.26 Å². The number of ether oxygens (including phenoxy) is 1. The van der Waals surface area contributed by atoms with E-state index < -0.39 is 0 Å². The van der Waals surface area contributed by atoms with E-state index in [0.29, 0.717) is 5.56 Å². The average molecular weight is 245 g/mol. The lowest BCUT2D eigenvalue weighted by molar-refractivity contribution is -0.139. The molecule has 1 rings (SSSR count). The van der Waals surface area contributed by atoms with Crippen molar-refractivity contribution in [3.8, 4) is 6.07 Å². The zero-order chi connectivity index (χ0) is 13.7. The predicted molar refractivity (Wildman–Crippen MR) is 70.4 cm³/mol. The largest absolute Gasteiger partial charge is 0.469 e. The Balaban J connectivity index is 3.44. The van der Waals surface area contributed by atoms with Gasteiger partial charge in [0.1, 0.15) is 0 Å². The average Bonchev–Trinajstić information content (AvgIpc) is 2.39. The molecule has 0 saturated carbocycles. The fourth-order valence-corrected chi connectivity index (χ4v) is 2.30. The molecule has 3 heteroatoms. The molecule has 1 aromatic rings. The maximum atomic E-state index is 11.5. The first-order chi connectivity index (χ1) is 8.58. The minimum Gasteiger partial charge on any atom is -0.469 e. The van der Waals surface area contributed by atoms with Crippen molar-refractivity contribution < 1.29 is 9.53 Å². The number of benzene rings is 1. The van der Waals surface area contributed by atoms with Crippen LogP contribution < -0.4 is 0 Å². The van der Waals surface area contributed by atoms with Crippen molar-refractivity contribution in [2.75, 3.05) is 7.11 Å². The summed E-state index contributed by atoms with van der Waals surface area (Å²) in [6, 6.07) is 4.26. The van der Waals surface area contributed by atoms with E-state index in [-0.39, 0.29) is 12.4 Å². The van der Waals surface area contributed by atoms with Gasteiger partial charge >= 0.3 is 5.97 Å². The third-order valence-corrected chi connectivity index (χ3v) is 3.23. The molecular weight excluding hydrogens is 226 g/mol. The van der Waals surface area contributed by atoms with Crippen LogP contribution in [0.1, 0.15) is 41.7 Å². The summed E-state index contributed by atoms with van der Waals surface area (Å²) in [7, 11) is 1.39. The van der Waals surface area contributed by atoms with E-state index in [2.05, 4.69) is 13.0 Å². The van der Waals surface area contributed by atoms with Crippen LogP contribution in [0.25, 0.3) is 0 Å². The second kappa shape index (κ2) is 6.20. The molecule has 0 atom stereocenters. The van der Waals surface area contributed by atoms with Crippen LogP contribution in [0, 0.1) is 18.3 Å². The van der Waals surface area contributed by atoms with Crippen LogP contribution >= 0.6 is 0 Å². The van der Waals surface area contributed by atoms with E-state index in [1.54, 1.807) is 0 Å². The number of carbonyl (C=O) groups excluding carboxylic acids is 1. The predicted octanol–water partition coefficient (Wildman–Crippen LogP) is 2.71. The molecule has 96 valence electrons. The molecule has 1 aromatic carbocycles. The standard InChI is InChI=1S/C15H19NO2/c1-5-11-7-10(3)14(9-16)12(6-2)13(11)8-15(17)18-4/h7H,5-6,8H2,1-4H3. The van der Waals surface area contributed by atoms with E-state index in [1.807, 2.05) is 19.9 Å². The molecule has 0 bridgehead atoms. The first-order valence-corrected chi connectivity index (χ1v) is 6.20. The summed E-state index contributed by atoms with van der Waals surface area (Å²) in [5.74, 6) is -0.257. The van der Waals surface area contributed by atoms with E-state index in [0.717, 1.165) is 35.1 Å². The molecular formula is C15H19NO2. The maximum Gasteiger partial charge on any atom is 0.309 e. The van der Waals surface area contributed by atoms with E-state index in [1.165, 1.54) is 7.11 Å². The summed E-state index contributed by atoms with van der Waals surface area (Å²) in [6.45, 7) is 6.01. The van der Waals surface area contributed by atoms with Gasteiger partial charge in [0.15, 0.2) is 0 Å². The number of hydrogen-bond acceptors (Lipinski definition) is 3. The fourth-order valence-electron chi connectivity index (χ4n) is 2.30. The summed E-state index contributed by atoms with van der Waals surface area (Å²) in [5.41, 5.74) is 4.77. The summed E-state index contributed by atoms with van der Waals surface area (Å²) in [5, 5.41) is 9.24. The monoisotopic (exact) mass is 245 g/mol. The van der Waals surface area contributed by atoms with Crippen LogP contribution in [-0.2, 0) is 28.8 Å². The van der Waals surface area contributed by atoms with Gasteiger partial charge < -0.3 is 4.74 Å². The highest BCUT2D eigenvalue weighted by Gasteiger charge is 2.16. The Kier molecular flexibility index (Phi) is 4.91. The molecule has 0 aromatic heterocycles. The Hall–Kier alpha value is -1.82. The van der Waals surface area contributed by atoms with Crippen molar-refractivity contribution in [3.63, 3.8) is 0 Å². The second-order valence-electron chi connectivity index (χ2n) is 4.26. The van der Waals surface area contributed by atoms with Gasteiger partial charge in [-0.2, -0.15) is 5.26 Å². The van der Waals surface area contributed by atoms with E-state index in [9.17, 15) is 10.1 Å². The van der Waals surface area contributed by atoms with Crippen molar-refractivity contribution in [2.24, 2.45) is 0 Å². The number of hydrogen-bond donors (Lipinski definition) is 0. The highest BCUT2D eigenvalue weighted by Crippen LogP contribution is 2.25. The van der Waals surface area contributed by atoms with Crippen LogP contribution in [-0.4, -0.2) is 13.1 Å². The third-order valence-electron chi connectivity index (χ3n) is 3.23. The van der Waals surface area contributed by atoms with Crippen LogP contribution in [0.15, 0.2) is 6.07 Å². The van der Waals surface area contributed by atoms with E-state index >= 15 is 0 Å². The van der Waals surface area contributed by atoms with Gasteiger partial charge in [0, 0.05) is 0 Å². The Morgan fingerprint density at radius 3 is 2.44 bits per heavy atom. The minimum absolute atomic E-state index is 0.248. The lowest BCUT2D eigenvalue weighted by Gasteiger charge is -2.16. The van der Waals surface area contributed by atoms with E-state index in [4.69, 9.17) is 4.74 Å². The number of esters is 1. The topological polar surface area (TPSA) is 50.1 Å². The number of rotatable bonds is 4. The molecule has 18 heavy (non-hydrogen) atoms. The van der Waals surface area contributed by atoms with Gasteiger partial charge in [0.05, 0.1) is 25.2 Å². The summed E-state index contributed by atoms with van der Waals surface area (Å²) < 4.78 is 4.74. The zero-order valence-corrected chi connectivity index (χ0v) is 11.5. The fraction of sp³-hybridized carbons (Fsp3) is 0.467. The molecule has 0 heterocycles. The minimum atomic E-state index is -0.257. The molecule has 0 unspecified atom stereocenters. The maximum absolute atomic E-state index is 11.5. The first-order valence-electron chi connectivity index (χ1n) is 6.20. The Labute approximate surface area is 108 Å². The summed E-state index contributed by atoms with van der Waals surface area (Å²) in [6.07, 6.45) is 1.85. The van der Waals surface area contributed by atoms with Gasteiger partial charge in [0.25, 0.3) is 0 Å². The van der Waals surface area contributed by atoms with Crippen molar-refractivity contribution in [2.45, 2.75) is 40.0 Å². The number of carbonyl (C=O) groups is 1. The first kappa shape index (κ1) is 14.2. The van der Waals surface area contributed by atoms with Gasteiger partial charge in [-0.1, -0.05) is 19.9 Å². The second-order valence-corrected chi connectivity index (χ2v) is 4.26. The number of methoxy groups -OCH3 is 1. The van der Waals surface area contributed by atoms with Crippen LogP contribution in [0.3, 0.4) is 0 Å². The molecule has 0 N–H and O–H groups in total. The lowest BCUT2D eigenvalue weighted by Crippen LogP contribution is -2.11. The third kappa shape index (κ3) is 2.70. The number of nitrogens with zero attached hydrogens (tertiary/aromatic N) is 1. The molecule has 0 aliphatic heterocycles. The zero-order valence-electron chi connectivity index (χ0n) is 11.5. The van der Waals surface area contributed by atoms with Crippen LogP contribution in [0.5, 0.6) is 0 Å². The normalized spacial score (nSPS) is 9.94. The Morgan fingerprint density at radius 2 is 2.00 bits per heavy atom. The van der Waals surface area contributed by atoms with Gasteiger partial charge in [-0.25, -0.2) is 0 Å². The molecule has 0 fully saturated rings. The van der Waals surface area contributed by atoms with Gasteiger partial charge in [-0.05, 0) is 42.0 Å². The number of aryl methyl sites for hydroxylation is 2. The quantitative estimate of drug-likeness (QED) is 0.766. The van der Waals surface area contributed by atoms with Crippen LogP contribution in [0.2, 0.25) is 0 Å². The van der Waals surface area contributed by atoms with Gasteiger partial charge in [-0.15, -0.1) is 0 Å².